The summed E-state index contributed by atoms with van der Waals surface area (Å²) in [6, 6.07) is 0.601. The van der Waals surface area contributed by atoms with E-state index in [1.165, 1.54) is 6.42 Å². The van der Waals surface area contributed by atoms with Gasteiger partial charge in [0.25, 0.3) is 0 Å². The average molecular weight is 229 g/mol. The lowest BCUT2D eigenvalue weighted by Gasteiger charge is -2.37. The largest absolute Gasteiger partial charge is 0.396 e. The summed E-state index contributed by atoms with van der Waals surface area (Å²) in [5, 5.41) is 9.56. The maximum Gasteiger partial charge on any atom is 0.0499 e. The van der Waals surface area contributed by atoms with Crippen LogP contribution in [0.3, 0.4) is 0 Å². The Morgan fingerprint density at radius 3 is 1.94 bits per heavy atom. The summed E-state index contributed by atoms with van der Waals surface area (Å²) in [5.74, 6) is 0.740. The fourth-order valence-corrected chi connectivity index (χ4v) is 2.29. The average Bonchev–Trinajstić information content (AvgIpc) is 2.25. The third-order valence-electron chi connectivity index (χ3n) is 3.99. The van der Waals surface area contributed by atoms with Gasteiger partial charge in [-0.2, -0.15) is 0 Å². The normalized spacial score (nSPS) is 14.8. The summed E-state index contributed by atoms with van der Waals surface area (Å²) < 4.78 is 0. The van der Waals surface area contributed by atoms with Gasteiger partial charge in [-0.1, -0.05) is 27.7 Å². The lowest BCUT2D eigenvalue weighted by molar-refractivity contribution is 0.0588. The molecular weight excluding hydrogens is 198 g/mol. The molecule has 1 N–H and O–H groups in total. The first kappa shape index (κ1) is 15.9. The molecule has 98 valence electrons. The van der Waals surface area contributed by atoms with Crippen molar-refractivity contribution in [3.63, 3.8) is 0 Å². The molecule has 2 heteroatoms. The molecule has 0 aromatic carbocycles. The van der Waals surface area contributed by atoms with Crippen molar-refractivity contribution >= 4 is 0 Å². The Kier molecular flexibility index (Phi) is 7.25. The van der Waals surface area contributed by atoms with E-state index >= 15 is 0 Å². The zero-order chi connectivity index (χ0) is 12.8. The number of aliphatic hydroxyl groups excluding tert-OH is 1. The number of nitrogens with zero attached hydrogens (tertiary/aromatic N) is 1. The lowest BCUT2D eigenvalue weighted by atomic mass is 9.82. The first-order chi connectivity index (χ1) is 7.40. The minimum Gasteiger partial charge on any atom is -0.396 e. The summed E-state index contributed by atoms with van der Waals surface area (Å²) >= 11 is 0. The van der Waals surface area contributed by atoms with Crippen LogP contribution in [0.1, 0.15) is 53.9 Å². The topological polar surface area (TPSA) is 23.5 Å². The molecule has 0 aromatic heterocycles. The zero-order valence-corrected chi connectivity index (χ0v) is 12.1. The van der Waals surface area contributed by atoms with Gasteiger partial charge in [0.2, 0.25) is 0 Å². The molecule has 0 heterocycles. The second-order valence-corrected chi connectivity index (χ2v) is 5.76. The molecular formula is C14H31NO. The second-order valence-electron chi connectivity index (χ2n) is 5.76. The second kappa shape index (κ2) is 7.29. The molecule has 0 spiro atoms. The van der Waals surface area contributed by atoms with Crippen LogP contribution in [0.5, 0.6) is 0 Å². The van der Waals surface area contributed by atoms with Crippen LogP contribution >= 0.6 is 0 Å². The Morgan fingerprint density at radius 2 is 1.62 bits per heavy atom. The van der Waals surface area contributed by atoms with Crippen molar-refractivity contribution in [2.45, 2.75) is 59.9 Å². The molecule has 1 unspecified atom stereocenters. The van der Waals surface area contributed by atoms with Gasteiger partial charge in [0.05, 0.1) is 0 Å². The fraction of sp³-hybridized carbons (Fsp3) is 1.00. The minimum absolute atomic E-state index is 0.0972. The zero-order valence-electron chi connectivity index (χ0n) is 12.1. The van der Waals surface area contributed by atoms with Crippen LogP contribution < -0.4 is 0 Å². The lowest BCUT2D eigenvalue weighted by Crippen LogP contribution is -2.42. The summed E-state index contributed by atoms with van der Waals surface area (Å²) in [6.07, 6.45) is 3.34. The highest BCUT2D eigenvalue weighted by molar-refractivity contribution is 4.81. The summed E-state index contributed by atoms with van der Waals surface area (Å²) in [6.45, 7) is 12.5. The van der Waals surface area contributed by atoms with E-state index in [9.17, 15) is 5.11 Å². The van der Waals surface area contributed by atoms with Crippen molar-refractivity contribution in [1.29, 1.82) is 0 Å². The van der Waals surface area contributed by atoms with Crippen molar-refractivity contribution in [3.05, 3.63) is 0 Å². The maximum absolute atomic E-state index is 9.56. The molecule has 0 fully saturated rings. The molecule has 0 aromatic rings. The Hall–Kier alpha value is -0.0800. The highest BCUT2D eigenvalue weighted by Gasteiger charge is 2.28. The van der Waals surface area contributed by atoms with Gasteiger partial charge in [-0.15, -0.1) is 0 Å². The Labute approximate surface area is 102 Å². The molecule has 0 saturated heterocycles. The summed E-state index contributed by atoms with van der Waals surface area (Å²) in [7, 11) is 2.18. The first-order valence-electron chi connectivity index (χ1n) is 6.71. The van der Waals surface area contributed by atoms with Crippen molar-refractivity contribution in [1.82, 2.24) is 4.90 Å². The number of hydrogen-bond donors (Lipinski definition) is 1. The summed E-state index contributed by atoms with van der Waals surface area (Å²) in [5.41, 5.74) is 0.0972. The number of rotatable bonds is 8. The molecule has 0 amide bonds. The van der Waals surface area contributed by atoms with Gasteiger partial charge in [-0.25, -0.2) is 0 Å². The number of hydrogen-bond acceptors (Lipinski definition) is 2. The van der Waals surface area contributed by atoms with Crippen LogP contribution in [0.4, 0.5) is 0 Å². The van der Waals surface area contributed by atoms with Crippen LogP contribution in [0.25, 0.3) is 0 Å². The Bertz CT molecular complexity index is 167. The van der Waals surface area contributed by atoms with Gasteiger partial charge in [0.15, 0.2) is 0 Å². The highest BCUT2D eigenvalue weighted by atomic mass is 16.3. The van der Waals surface area contributed by atoms with Crippen molar-refractivity contribution < 1.29 is 5.11 Å². The van der Waals surface area contributed by atoms with Gasteiger partial charge in [-0.05, 0) is 39.2 Å². The van der Waals surface area contributed by atoms with E-state index < -0.39 is 0 Å². The fourth-order valence-electron chi connectivity index (χ4n) is 2.29. The minimum atomic E-state index is 0.0972. The van der Waals surface area contributed by atoms with Crippen LogP contribution in [-0.2, 0) is 0 Å². The monoisotopic (exact) mass is 229 g/mol. The predicted octanol–water partition coefficient (Wildman–Crippen LogP) is 3.15. The van der Waals surface area contributed by atoms with E-state index in [-0.39, 0.29) is 5.41 Å². The molecule has 0 aliphatic heterocycles. The van der Waals surface area contributed by atoms with E-state index in [1.807, 2.05) is 0 Å². The summed E-state index contributed by atoms with van der Waals surface area (Å²) in [4.78, 5) is 2.41. The third-order valence-corrected chi connectivity index (χ3v) is 3.99. The van der Waals surface area contributed by atoms with E-state index in [4.69, 9.17) is 0 Å². The van der Waals surface area contributed by atoms with Crippen LogP contribution in [0.2, 0.25) is 0 Å². The Balaban J connectivity index is 4.33. The van der Waals surface area contributed by atoms with E-state index in [2.05, 4.69) is 46.6 Å². The van der Waals surface area contributed by atoms with Crippen molar-refractivity contribution in [2.75, 3.05) is 20.2 Å². The molecule has 2 nitrogen and oxygen atoms in total. The van der Waals surface area contributed by atoms with Crippen molar-refractivity contribution in [2.24, 2.45) is 11.3 Å². The van der Waals surface area contributed by atoms with Crippen molar-refractivity contribution in [3.8, 4) is 0 Å². The standard InChI is InChI=1S/C14H31NO/c1-7-14(8-2,11-16)10-15(6)13(5)9-12(3)4/h12-13,16H,7-11H2,1-6H3. The van der Waals surface area contributed by atoms with Gasteiger partial charge in [0.1, 0.15) is 0 Å². The van der Waals surface area contributed by atoms with Gasteiger partial charge >= 0.3 is 0 Å². The molecule has 0 saturated carbocycles. The molecule has 16 heavy (non-hydrogen) atoms. The van der Waals surface area contributed by atoms with Crippen LogP contribution in [0.15, 0.2) is 0 Å². The van der Waals surface area contributed by atoms with Crippen LogP contribution in [0, 0.1) is 11.3 Å². The van der Waals surface area contributed by atoms with E-state index in [1.54, 1.807) is 0 Å². The molecule has 1 atom stereocenters. The molecule has 0 bridgehead atoms. The van der Waals surface area contributed by atoms with E-state index in [0.717, 1.165) is 25.3 Å². The number of aliphatic hydroxyl groups is 1. The molecule has 0 aliphatic carbocycles. The van der Waals surface area contributed by atoms with Crippen LogP contribution in [-0.4, -0.2) is 36.2 Å². The molecule has 0 rings (SSSR count). The van der Waals surface area contributed by atoms with Gasteiger partial charge < -0.3 is 10.0 Å². The van der Waals surface area contributed by atoms with Gasteiger partial charge in [0, 0.05) is 24.6 Å². The quantitative estimate of drug-likeness (QED) is 0.691. The highest BCUT2D eigenvalue weighted by Crippen LogP contribution is 2.27. The first-order valence-corrected chi connectivity index (χ1v) is 6.71. The van der Waals surface area contributed by atoms with Gasteiger partial charge in [-0.3, -0.25) is 0 Å². The smallest absolute Gasteiger partial charge is 0.0499 e. The Morgan fingerprint density at radius 1 is 1.12 bits per heavy atom. The SMILES string of the molecule is CCC(CC)(CO)CN(C)C(C)CC(C)C. The predicted molar refractivity (Wildman–Crippen MR) is 71.6 cm³/mol. The third kappa shape index (κ3) is 4.84. The van der Waals surface area contributed by atoms with E-state index in [0.29, 0.717) is 12.6 Å². The maximum atomic E-state index is 9.56. The molecule has 0 radical (unpaired) electrons. The molecule has 0 aliphatic rings.